The monoisotopic (exact) mass is 388 g/mol. The standard InChI is InChI=1S/C21H13ClN4O2/c1-9-15-19(26-25-9)24-17-11-4-2-3-5-12(11)18(27)16(17)21(15)13-8-10(22)6-7-14(13)23-20(21)28/h2-8H,1H3,(H,23,28)(H2,24,25,26). The zero-order chi connectivity index (χ0) is 19.2. The number of rotatable bonds is 0. The lowest BCUT2D eigenvalue weighted by Crippen LogP contribution is -2.43. The number of fused-ring (bicyclic) bond motifs is 7. The number of aromatic amines is 1. The van der Waals surface area contributed by atoms with Crippen LogP contribution in [0.1, 0.15) is 32.7 Å². The van der Waals surface area contributed by atoms with Gasteiger partial charge in [0.1, 0.15) is 5.41 Å². The molecule has 28 heavy (non-hydrogen) atoms. The van der Waals surface area contributed by atoms with Gasteiger partial charge in [0.2, 0.25) is 5.91 Å². The lowest BCUT2D eigenvalue weighted by Gasteiger charge is -2.34. The van der Waals surface area contributed by atoms with Gasteiger partial charge in [0, 0.05) is 44.2 Å². The first-order chi connectivity index (χ1) is 13.5. The molecule has 6 rings (SSSR count). The Balaban J connectivity index is 1.79. The summed E-state index contributed by atoms with van der Waals surface area (Å²) in [5, 5.41) is 14.1. The quantitative estimate of drug-likeness (QED) is 0.548. The average Bonchev–Trinajstić information content (AvgIpc) is 3.29. The van der Waals surface area contributed by atoms with Crippen LogP contribution in [0.2, 0.25) is 5.02 Å². The fraction of sp³-hybridized carbons (Fsp3) is 0.0952. The molecule has 1 spiro atoms. The van der Waals surface area contributed by atoms with Crippen LogP contribution in [0.25, 0.3) is 5.70 Å². The van der Waals surface area contributed by atoms with Crippen LogP contribution in [-0.4, -0.2) is 21.9 Å². The molecular formula is C21H13ClN4O2. The maximum Gasteiger partial charge on any atom is 0.244 e. The van der Waals surface area contributed by atoms with Crippen molar-refractivity contribution in [2.24, 2.45) is 0 Å². The molecule has 1 amide bonds. The van der Waals surface area contributed by atoms with E-state index < -0.39 is 5.41 Å². The molecule has 0 saturated carbocycles. The molecule has 0 radical (unpaired) electrons. The van der Waals surface area contributed by atoms with Gasteiger partial charge in [-0.3, -0.25) is 14.7 Å². The minimum absolute atomic E-state index is 0.160. The second-order valence-electron chi connectivity index (χ2n) is 7.22. The van der Waals surface area contributed by atoms with Gasteiger partial charge in [-0.05, 0) is 25.1 Å². The second kappa shape index (κ2) is 4.91. The van der Waals surface area contributed by atoms with Crippen LogP contribution in [-0.2, 0) is 10.2 Å². The second-order valence-corrected chi connectivity index (χ2v) is 7.65. The Labute approximate surface area is 164 Å². The number of nitrogens with zero attached hydrogens (tertiary/aromatic N) is 1. The number of H-pyrrole nitrogens is 1. The third-order valence-corrected chi connectivity index (χ3v) is 6.07. The number of Topliss-reactive ketones (excluding diaryl/α,β-unsaturated/α-hetero) is 1. The summed E-state index contributed by atoms with van der Waals surface area (Å²) in [6.45, 7) is 1.85. The molecule has 0 fully saturated rings. The normalized spacial score (nSPS) is 21.2. The van der Waals surface area contributed by atoms with Crippen LogP contribution in [0, 0.1) is 6.92 Å². The number of carbonyl (C=O) groups excluding carboxylic acids is 2. The molecule has 1 aromatic heterocycles. The summed E-state index contributed by atoms with van der Waals surface area (Å²) in [6.07, 6.45) is 0. The first kappa shape index (κ1) is 15.7. The van der Waals surface area contributed by atoms with Crippen molar-refractivity contribution in [3.8, 4) is 0 Å². The summed E-state index contributed by atoms with van der Waals surface area (Å²) in [6, 6.07) is 12.6. The van der Waals surface area contributed by atoms with Gasteiger partial charge >= 0.3 is 0 Å². The van der Waals surface area contributed by atoms with E-state index >= 15 is 0 Å². The molecule has 1 aliphatic carbocycles. The van der Waals surface area contributed by atoms with Crippen LogP contribution in [0.3, 0.4) is 0 Å². The molecule has 1 atom stereocenters. The average molecular weight is 389 g/mol. The first-order valence-electron chi connectivity index (χ1n) is 8.86. The van der Waals surface area contributed by atoms with E-state index in [1.807, 2.05) is 25.1 Å². The van der Waals surface area contributed by atoms with Gasteiger partial charge in [-0.15, -0.1) is 0 Å². The minimum atomic E-state index is -1.30. The van der Waals surface area contributed by atoms with Crippen molar-refractivity contribution < 1.29 is 9.59 Å². The van der Waals surface area contributed by atoms with Crippen molar-refractivity contribution in [1.29, 1.82) is 0 Å². The summed E-state index contributed by atoms with van der Waals surface area (Å²) >= 11 is 6.30. The molecule has 136 valence electrons. The van der Waals surface area contributed by atoms with Gasteiger partial charge in [-0.2, -0.15) is 5.10 Å². The molecule has 3 heterocycles. The number of halogens is 1. The van der Waals surface area contributed by atoms with E-state index in [0.717, 1.165) is 11.3 Å². The number of hydrogen-bond donors (Lipinski definition) is 3. The highest BCUT2D eigenvalue weighted by Crippen LogP contribution is 2.57. The number of aromatic nitrogens is 2. The van der Waals surface area contributed by atoms with E-state index in [1.54, 1.807) is 24.3 Å². The Kier molecular flexibility index (Phi) is 2.74. The highest BCUT2D eigenvalue weighted by molar-refractivity contribution is 6.33. The van der Waals surface area contributed by atoms with Gasteiger partial charge in [0.05, 0.1) is 5.70 Å². The van der Waals surface area contributed by atoms with Crippen molar-refractivity contribution in [3.63, 3.8) is 0 Å². The van der Waals surface area contributed by atoms with Crippen LogP contribution in [0.5, 0.6) is 0 Å². The number of carbonyl (C=O) groups is 2. The molecule has 3 aromatic rings. The fourth-order valence-corrected chi connectivity index (χ4v) is 4.93. The van der Waals surface area contributed by atoms with E-state index in [0.29, 0.717) is 44.5 Å². The largest absolute Gasteiger partial charge is 0.338 e. The van der Waals surface area contributed by atoms with E-state index in [9.17, 15) is 9.59 Å². The summed E-state index contributed by atoms with van der Waals surface area (Å²) in [4.78, 5) is 27.1. The topological polar surface area (TPSA) is 86.9 Å². The van der Waals surface area contributed by atoms with Gasteiger partial charge < -0.3 is 10.6 Å². The Morgan fingerprint density at radius 1 is 1.04 bits per heavy atom. The van der Waals surface area contributed by atoms with Crippen LogP contribution in [0.15, 0.2) is 48.0 Å². The highest BCUT2D eigenvalue weighted by atomic mass is 35.5. The van der Waals surface area contributed by atoms with Crippen LogP contribution >= 0.6 is 11.6 Å². The first-order valence-corrected chi connectivity index (χ1v) is 9.24. The number of nitrogens with one attached hydrogen (secondary N) is 3. The molecule has 6 nitrogen and oxygen atoms in total. The molecule has 3 aliphatic rings. The number of amides is 1. The molecule has 0 bridgehead atoms. The van der Waals surface area contributed by atoms with Crippen LogP contribution < -0.4 is 10.6 Å². The Bertz CT molecular complexity index is 1290. The number of hydrogen-bond acceptors (Lipinski definition) is 4. The van der Waals surface area contributed by atoms with E-state index in [-0.39, 0.29) is 11.7 Å². The summed E-state index contributed by atoms with van der Waals surface area (Å²) in [5.74, 6) is 0.113. The smallest absolute Gasteiger partial charge is 0.244 e. The van der Waals surface area contributed by atoms with E-state index in [2.05, 4.69) is 20.8 Å². The molecule has 2 aromatic carbocycles. The summed E-state index contributed by atoms with van der Waals surface area (Å²) < 4.78 is 0. The number of anilines is 2. The van der Waals surface area contributed by atoms with Crippen molar-refractivity contribution in [3.05, 3.63) is 81.0 Å². The molecular weight excluding hydrogens is 376 g/mol. The zero-order valence-corrected chi connectivity index (χ0v) is 15.4. The third kappa shape index (κ3) is 1.59. The molecule has 0 saturated heterocycles. The van der Waals surface area contributed by atoms with Crippen molar-refractivity contribution in [1.82, 2.24) is 10.2 Å². The fourth-order valence-electron chi connectivity index (χ4n) is 4.76. The molecule has 7 heteroatoms. The van der Waals surface area contributed by atoms with E-state index in [1.165, 1.54) is 0 Å². The maximum absolute atomic E-state index is 13.6. The van der Waals surface area contributed by atoms with Gasteiger partial charge in [0.25, 0.3) is 0 Å². The zero-order valence-electron chi connectivity index (χ0n) is 14.7. The lowest BCUT2D eigenvalue weighted by molar-refractivity contribution is -0.118. The molecule has 2 aliphatic heterocycles. The Morgan fingerprint density at radius 3 is 2.64 bits per heavy atom. The number of benzene rings is 2. The number of ketones is 1. The predicted molar refractivity (Wildman–Crippen MR) is 106 cm³/mol. The van der Waals surface area contributed by atoms with Gasteiger partial charge in [-0.25, -0.2) is 0 Å². The number of aryl methyl sites for hydroxylation is 1. The summed E-state index contributed by atoms with van der Waals surface area (Å²) in [5.41, 5.74) is 3.80. The van der Waals surface area contributed by atoms with Crippen molar-refractivity contribution in [2.75, 3.05) is 10.6 Å². The minimum Gasteiger partial charge on any atom is -0.338 e. The molecule has 3 N–H and O–H groups in total. The van der Waals surface area contributed by atoms with Gasteiger partial charge in [-0.1, -0.05) is 35.9 Å². The predicted octanol–water partition coefficient (Wildman–Crippen LogP) is 3.64. The Morgan fingerprint density at radius 2 is 1.82 bits per heavy atom. The van der Waals surface area contributed by atoms with Crippen molar-refractivity contribution >= 4 is 40.5 Å². The highest BCUT2D eigenvalue weighted by Gasteiger charge is 2.60. The van der Waals surface area contributed by atoms with Gasteiger partial charge in [0.15, 0.2) is 11.6 Å². The van der Waals surface area contributed by atoms with E-state index in [4.69, 9.17) is 11.6 Å². The Hall–Kier alpha value is -3.38. The van der Waals surface area contributed by atoms with Crippen molar-refractivity contribution in [2.45, 2.75) is 12.3 Å². The van der Waals surface area contributed by atoms with Crippen LogP contribution in [0.4, 0.5) is 11.5 Å². The maximum atomic E-state index is 13.6. The third-order valence-electron chi connectivity index (χ3n) is 5.83. The SMILES string of the molecule is Cc1[nH]nc2c1C1(C(=O)Nc3ccc(Cl)cc31)C1=C(N2)c2ccccc2C1=O. The molecule has 1 unspecified atom stereocenters. The lowest BCUT2D eigenvalue weighted by atomic mass is 9.67. The summed E-state index contributed by atoms with van der Waals surface area (Å²) in [7, 11) is 0.